The van der Waals surface area contributed by atoms with Crippen molar-refractivity contribution in [2.75, 3.05) is 0 Å². The van der Waals surface area contributed by atoms with E-state index in [0.29, 0.717) is 16.5 Å². The van der Waals surface area contributed by atoms with Crippen LogP contribution in [0, 0.1) is 11.3 Å². The van der Waals surface area contributed by atoms with Gasteiger partial charge in [0.05, 0.1) is 10.0 Å². The third-order valence-electron chi connectivity index (χ3n) is 5.60. The second-order valence-corrected chi connectivity index (χ2v) is 7.94. The average molecular weight is 341 g/mol. The first-order valence-electron chi connectivity index (χ1n) is 8.11. The van der Waals surface area contributed by atoms with Crippen LogP contribution in [0.5, 0.6) is 0 Å². The third kappa shape index (κ3) is 2.88. The van der Waals surface area contributed by atoms with Crippen molar-refractivity contribution >= 4 is 29.2 Å². The van der Waals surface area contributed by atoms with E-state index < -0.39 is 5.97 Å². The molecular weight excluding hydrogens is 319 g/mol. The maximum absolute atomic E-state index is 10.8. The molecule has 120 valence electrons. The van der Waals surface area contributed by atoms with Gasteiger partial charge in [-0.2, -0.15) is 0 Å². The Labute approximate surface area is 141 Å². The van der Waals surface area contributed by atoms with Crippen molar-refractivity contribution < 1.29 is 9.90 Å². The predicted molar refractivity (Wildman–Crippen MR) is 89.9 cm³/mol. The number of carboxylic acids is 1. The van der Waals surface area contributed by atoms with Gasteiger partial charge in [-0.05, 0) is 60.1 Å². The summed E-state index contributed by atoms with van der Waals surface area (Å²) < 4.78 is 0. The van der Waals surface area contributed by atoms with E-state index in [4.69, 9.17) is 28.3 Å². The van der Waals surface area contributed by atoms with Gasteiger partial charge in [0.15, 0.2) is 0 Å². The first-order valence-corrected chi connectivity index (χ1v) is 8.87. The van der Waals surface area contributed by atoms with Gasteiger partial charge in [-0.25, -0.2) is 0 Å². The normalized spacial score (nSPS) is 24.7. The fourth-order valence-electron chi connectivity index (χ4n) is 4.36. The fourth-order valence-corrected chi connectivity index (χ4v) is 4.93. The standard InChI is InChI=1S/C18H22Cl2O2/c1-18(13-4-2-3-5-13)9-12-8-11(6-7-15(21)22)16(19)17(20)14(12)10-18/h8,13H,2-7,9-10H2,1H3,(H,21,22). The van der Waals surface area contributed by atoms with Gasteiger partial charge in [-0.3, -0.25) is 4.79 Å². The van der Waals surface area contributed by atoms with Crippen molar-refractivity contribution in [1.82, 2.24) is 0 Å². The minimum absolute atomic E-state index is 0.0920. The Morgan fingerprint density at radius 2 is 1.95 bits per heavy atom. The van der Waals surface area contributed by atoms with E-state index in [-0.39, 0.29) is 11.8 Å². The lowest BCUT2D eigenvalue weighted by molar-refractivity contribution is -0.136. The molecule has 0 radical (unpaired) electrons. The van der Waals surface area contributed by atoms with Crippen LogP contribution < -0.4 is 0 Å². The second-order valence-electron chi connectivity index (χ2n) is 7.18. The molecule has 1 N–H and O–H groups in total. The number of hydrogen-bond acceptors (Lipinski definition) is 1. The summed E-state index contributed by atoms with van der Waals surface area (Å²) in [4.78, 5) is 10.8. The highest BCUT2D eigenvalue weighted by Crippen LogP contribution is 2.51. The average Bonchev–Trinajstić information content (AvgIpc) is 3.09. The van der Waals surface area contributed by atoms with Crippen LogP contribution >= 0.6 is 23.2 Å². The van der Waals surface area contributed by atoms with Crippen LogP contribution in [0.25, 0.3) is 0 Å². The van der Waals surface area contributed by atoms with Crippen molar-refractivity contribution in [2.24, 2.45) is 11.3 Å². The molecule has 4 heteroatoms. The number of halogens is 2. The lowest BCUT2D eigenvalue weighted by Crippen LogP contribution is -2.26. The molecule has 1 unspecified atom stereocenters. The number of benzene rings is 1. The number of hydrogen-bond donors (Lipinski definition) is 1. The highest BCUT2D eigenvalue weighted by molar-refractivity contribution is 6.43. The molecule has 1 atom stereocenters. The van der Waals surface area contributed by atoms with E-state index in [1.807, 2.05) is 0 Å². The molecule has 0 aromatic heterocycles. The van der Waals surface area contributed by atoms with Crippen molar-refractivity contribution in [2.45, 2.75) is 58.3 Å². The summed E-state index contributed by atoms with van der Waals surface area (Å²) in [6, 6.07) is 2.10. The van der Waals surface area contributed by atoms with E-state index in [9.17, 15) is 4.79 Å². The Kier molecular flexibility index (Phi) is 4.44. The van der Waals surface area contributed by atoms with Gasteiger partial charge in [0.1, 0.15) is 0 Å². The molecule has 22 heavy (non-hydrogen) atoms. The first-order chi connectivity index (χ1) is 10.4. The maximum Gasteiger partial charge on any atom is 0.303 e. The summed E-state index contributed by atoms with van der Waals surface area (Å²) in [6.45, 7) is 2.38. The van der Waals surface area contributed by atoms with Gasteiger partial charge in [-0.1, -0.05) is 49.0 Å². The zero-order valence-corrected chi connectivity index (χ0v) is 14.4. The summed E-state index contributed by atoms with van der Waals surface area (Å²) in [5, 5.41) is 10.1. The first kappa shape index (κ1) is 16.1. The predicted octanol–water partition coefficient (Wildman–Crippen LogP) is 5.31. The molecule has 2 aliphatic carbocycles. The Morgan fingerprint density at radius 3 is 2.59 bits per heavy atom. The molecule has 1 fully saturated rings. The topological polar surface area (TPSA) is 37.3 Å². The summed E-state index contributed by atoms with van der Waals surface area (Å²) in [5.41, 5.74) is 3.64. The Hall–Kier alpha value is -0.730. The second kappa shape index (κ2) is 6.05. The number of carbonyl (C=O) groups is 1. The van der Waals surface area contributed by atoms with Crippen LogP contribution in [0.2, 0.25) is 10.0 Å². The molecule has 2 aliphatic rings. The summed E-state index contributed by atoms with van der Waals surface area (Å²) >= 11 is 12.9. The molecule has 3 rings (SSSR count). The highest BCUT2D eigenvalue weighted by atomic mass is 35.5. The van der Waals surface area contributed by atoms with Crippen molar-refractivity contribution in [3.8, 4) is 0 Å². The van der Waals surface area contributed by atoms with Crippen molar-refractivity contribution in [3.63, 3.8) is 0 Å². The molecule has 0 aliphatic heterocycles. The molecule has 0 amide bonds. The molecule has 1 aromatic carbocycles. The van der Waals surface area contributed by atoms with Gasteiger partial charge in [-0.15, -0.1) is 0 Å². The molecule has 1 aromatic rings. The van der Waals surface area contributed by atoms with Gasteiger partial charge < -0.3 is 5.11 Å². The van der Waals surface area contributed by atoms with Gasteiger partial charge in [0.2, 0.25) is 0 Å². The van der Waals surface area contributed by atoms with Gasteiger partial charge in [0.25, 0.3) is 0 Å². The molecule has 0 saturated heterocycles. The summed E-state index contributed by atoms with van der Waals surface area (Å²) in [7, 11) is 0. The number of aliphatic carboxylic acids is 1. The van der Waals surface area contributed by atoms with Crippen molar-refractivity contribution in [3.05, 3.63) is 32.8 Å². The molecular formula is C18H22Cl2O2. The third-order valence-corrected chi connectivity index (χ3v) is 6.55. The van der Waals surface area contributed by atoms with Crippen LogP contribution in [-0.2, 0) is 24.1 Å². The van der Waals surface area contributed by atoms with E-state index >= 15 is 0 Å². The Morgan fingerprint density at radius 1 is 1.27 bits per heavy atom. The summed E-state index contributed by atoms with van der Waals surface area (Å²) in [5.74, 6) is -0.0271. The van der Waals surface area contributed by atoms with Crippen molar-refractivity contribution in [1.29, 1.82) is 0 Å². The van der Waals surface area contributed by atoms with Crippen LogP contribution in [0.1, 0.15) is 55.7 Å². The monoisotopic (exact) mass is 340 g/mol. The largest absolute Gasteiger partial charge is 0.481 e. The maximum atomic E-state index is 10.8. The number of carboxylic acid groups (broad SMARTS) is 1. The van der Waals surface area contributed by atoms with Crippen LogP contribution in [0.15, 0.2) is 6.07 Å². The lowest BCUT2D eigenvalue weighted by Gasteiger charge is -2.31. The van der Waals surface area contributed by atoms with Crippen LogP contribution in [0.4, 0.5) is 0 Å². The minimum atomic E-state index is -0.802. The van der Waals surface area contributed by atoms with E-state index in [1.54, 1.807) is 0 Å². The number of fused-ring (bicyclic) bond motifs is 1. The highest BCUT2D eigenvalue weighted by Gasteiger charge is 2.42. The zero-order chi connectivity index (χ0) is 15.9. The molecule has 0 spiro atoms. The van der Waals surface area contributed by atoms with Crippen LogP contribution in [0.3, 0.4) is 0 Å². The molecule has 0 bridgehead atoms. The van der Waals surface area contributed by atoms with Gasteiger partial charge in [0, 0.05) is 6.42 Å². The van der Waals surface area contributed by atoms with Gasteiger partial charge >= 0.3 is 5.97 Å². The smallest absolute Gasteiger partial charge is 0.303 e. The summed E-state index contributed by atoms with van der Waals surface area (Å²) in [6.07, 6.45) is 7.91. The Bertz CT molecular complexity index is 606. The van der Waals surface area contributed by atoms with E-state index in [1.165, 1.54) is 36.8 Å². The zero-order valence-electron chi connectivity index (χ0n) is 12.9. The Balaban J connectivity index is 1.89. The fraction of sp³-hybridized carbons (Fsp3) is 0.611. The number of aryl methyl sites for hydroxylation is 1. The van der Waals surface area contributed by atoms with E-state index in [0.717, 1.165) is 24.3 Å². The van der Waals surface area contributed by atoms with E-state index in [2.05, 4.69) is 13.0 Å². The molecule has 1 saturated carbocycles. The minimum Gasteiger partial charge on any atom is -0.481 e. The molecule has 2 nitrogen and oxygen atoms in total. The lowest BCUT2D eigenvalue weighted by atomic mass is 9.74. The quantitative estimate of drug-likeness (QED) is 0.806. The number of rotatable bonds is 4. The molecule has 0 heterocycles. The SMILES string of the molecule is CC1(C2CCCC2)Cc2cc(CCC(=O)O)c(Cl)c(Cl)c2C1. The van der Waals surface area contributed by atoms with Crippen LogP contribution in [-0.4, -0.2) is 11.1 Å².